The Morgan fingerprint density at radius 1 is 1.27 bits per heavy atom. The first kappa shape index (κ1) is 17.1. The summed E-state index contributed by atoms with van der Waals surface area (Å²) in [5.41, 5.74) is 3.77. The summed E-state index contributed by atoms with van der Waals surface area (Å²) in [6.45, 7) is 2.28. The lowest BCUT2D eigenvalue weighted by atomic mass is 10.1. The van der Waals surface area contributed by atoms with Gasteiger partial charge in [0.05, 0.1) is 16.0 Å². The number of rotatable bonds is 4. The number of nitrogens with zero attached hydrogens (tertiary/aromatic N) is 2. The molecular formula is C19H17N3O2S2. The van der Waals surface area contributed by atoms with Gasteiger partial charge in [0.25, 0.3) is 0 Å². The van der Waals surface area contributed by atoms with E-state index in [-0.39, 0.29) is 11.8 Å². The molecule has 1 aromatic heterocycles. The van der Waals surface area contributed by atoms with E-state index in [0.717, 1.165) is 37.9 Å². The maximum Gasteiger partial charge on any atom is 0.234 e. The molecule has 0 spiro atoms. The van der Waals surface area contributed by atoms with Gasteiger partial charge in [0.1, 0.15) is 0 Å². The minimum Gasteiger partial charge on any atom is -0.325 e. The molecule has 2 amide bonds. The van der Waals surface area contributed by atoms with Crippen LogP contribution in [-0.2, 0) is 16.0 Å². The summed E-state index contributed by atoms with van der Waals surface area (Å²) < 4.78 is 2.02. The van der Waals surface area contributed by atoms with Crippen LogP contribution in [0.2, 0.25) is 0 Å². The molecule has 0 atom stereocenters. The summed E-state index contributed by atoms with van der Waals surface area (Å²) in [6, 6.07) is 13.7. The molecular weight excluding hydrogens is 366 g/mol. The molecule has 0 unspecified atom stereocenters. The standard InChI is InChI=1S/C19H17N3O2S2/c1-12(23)22-9-8-13-10-14(6-7-16(13)22)20-18(24)11-25-19-21-15-4-2-3-5-17(15)26-19/h2-7,10H,8-9,11H2,1H3,(H,20,24). The Morgan fingerprint density at radius 3 is 2.92 bits per heavy atom. The Kier molecular flexibility index (Phi) is 4.65. The minimum absolute atomic E-state index is 0.0489. The Balaban J connectivity index is 1.38. The highest BCUT2D eigenvalue weighted by atomic mass is 32.2. The number of para-hydroxylation sites is 1. The molecule has 1 N–H and O–H groups in total. The lowest BCUT2D eigenvalue weighted by Gasteiger charge is -2.15. The van der Waals surface area contributed by atoms with Crippen molar-refractivity contribution in [1.29, 1.82) is 0 Å². The average Bonchev–Trinajstić information content (AvgIpc) is 3.23. The van der Waals surface area contributed by atoms with Crippen LogP contribution in [0.15, 0.2) is 46.8 Å². The average molecular weight is 383 g/mol. The molecule has 26 heavy (non-hydrogen) atoms. The third-order valence-corrected chi connectivity index (χ3v) is 6.42. The molecule has 132 valence electrons. The number of thiazole rings is 1. The molecule has 0 bridgehead atoms. The van der Waals surface area contributed by atoms with E-state index in [2.05, 4.69) is 10.3 Å². The van der Waals surface area contributed by atoms with E-state index >= 15 is 0 Å². The Bertz CT molecular complexity index is 966. The van der Waals surface area contributed by atoms with E-state index in [1.54, 1.807) is 23.2 Å². The van der Waals surface area contributed by atoms with Crippen LogP contribution < -0.4 is 10.2 Å². The molecule has 0 saturated heterocycles. The summed E-state index contributed by atoms with van der Waals surface area (Å²) in [5.74, 6) is 0.305. The van der Waals surface area contributed by atoms with Crippen LogP contribution in [-0.4, -0.2) is 29.1 Å². The molecule has 4 rings (SSSR count). The van der Waals surface area contributed by atoms with E-state index in [1.807, 2.05) is 42.5 Å². The van der Waals surface area contributed by atoms with Crippen LogP contribution in [0, 0.1) is 0 Å². The Labute approximate surface area is 159 Å². The second-order valence-corrected chi connectivity index (χ2v) is 8.30. The molecule has 2 heterocycles. The molecule has 1 aliphatic heterocycles. The van der Waals surface area contributed by atoms with E-state index < -0.39 is 0 Å². The fourth-order valence-corrected chi connectivity index (χ4v) is 4.91. The number of fused-ring (bicyclic) bond motifs is 2. The van der Waals surface area contributed by atoms with Crippen molar-refractivity contribution in [3.05, 3.63) is 48.0 Å². The van der Waals surface area contributed by atoms with Gasteiger partial charge in [-0.05, 0) is 42.3 Å². The first-order valence-corrected chi connectivity index (χ1v) is 10.1. The summed E-state index contributed by atoms with van der Waals surface area (Å²) in [7, 11) is 0. The second-order valence-electron chi connectivity index (χ2n) is 6.05. The normalized spacial score (nSPS) is 13.0. The summed E-state index contributed by atoms with van der Waals surface area (Å²) in [5, 5.41) is 2.93. The zero-order valence-electron chi connectivity index (χ0n) is 14.2. The molecule has 0 radical (unpaired) electrons. The molecule has 2 aromatic carbocycles. The van der Waals surface area contributed by atoms with Crippen LogP contribution in [0.3, 0.4) is 0 Å². The van der Waals surface area contributed by atoms with Gasteiger partial charge in [0, 0.05) is 24.8 Å². The number of anilines is 2. The van der Waals surface area contributed by atoms with Crippen molar-refractivity contribution in [2.75, 3.05) is 22.5 Å². The highest BCUT2D eigenvalue weighted by molar-refractivity contribution is 8.01. The van der Waals surface area contributed by atoms with Gasteiger partial charge < -0.3 is 10.2 Å². The van der Waals surface area contributed by atoms with Crippen molar-refractivity contribution >= 4 is 56.5 Å². The number of hydrogen-bond donors (Lipinski definition) is 1. The maximum atomic E-state index is 12.3. The number of aromatic nitrogens is 1. The minimum atomic E-state index is -0.0596. The molecule has 1 aliphatic rings. The maximum absolute atomic E-state index is 12.3. The van der Waals surface area contributed by atoms with E-state index in [4.69, 9.17) is 0 Å². The molecule has 0 aliphatic carbocycles. The fraction of sp³-hybridized carbons (Fsp3) is 0.211. The predicted octanol–water partition coefficient (Wildman–Crippen LogP) is 3.94. The molecule has 0 fully saturated rings. The van der Waals surface area contributed by atoms with E-state index in [0.29, 0.717) is 12.3 Å². The lowest BCUT2D eigenvalue weighted by molar-refractivity contribution is -0.116. The zero-order valence-corrected chi connectivity index (χ0v) is 15.8. The van der Waals surface area contributed by atoms with Gasteiger partial charge in [-0.2, -0.15) is 0 Å². The third kappa shape index (κ3) is 3.45. The van der Waals surface area contributed by atoms with Crippen molar-refractivity contribution in [2.45, 2.75) is 17.7 Å². The lowest BCUT2D eigenvalue weighted by Crippen LogP contribution is -2.25. The monoisotopic (exact) mass is 383 g/mol. The fourth-order valence-electron chi connectivity index (χ4n) is 3.04. The van der Waals surface area contributed by atoms with Crippen LogP contribution in [0.25, 0.3) is 10.2 Å². The van der Waals surface area contributed by atoms with Crippen molar-refractivity contribution < 1.29 is 9.59 Å². The van der Waals surface area contributed by atoms with Crippen molar-refractivity contribution in [3.8, 4) is 0 Å². The first-order chi connectivity index (χ1) is 12.6. The van der Waals surface area contributed by atoms with Crippen LogP contribution in [0.1, 0.15) is 12.5 Å². The second kappa shape index (κ2) is 7.09. The van der Waals surface area contributed by atoms with E-state index in [9.17, 15) is 9.59 Å². The summed E-state index contributed by atoms with van der Waals surface area (Å²) >= 11 is 3.04. The van der Waals surface area contributed by atoms with Crippen LogP contribution >= 0.6 is 23.1 Å². The summed E-state index contributed by atoms with van der Waals surface area (Å²) in [6.07, 6.45) is 0.819. The number of thioether (sulfide) groups is 1. The van der Waals surface area contributed by atoms with Gasteiger partial charge in [-0.3, -0.25) is 9.59 Å². The van der Waals surface area contributed by atoms with Gasteiger partial charge >= 0.3 is 0 Å². The van der Waals surface area contributed by atoms with Crippen LogP contribution in [0.5, 0.6) is 0 Å². The first-order valence-electron chi connectivity index (χ1n) is 8.29. The molecule has 5 nitrogen and oxygen atoms in total. The van der Waals surface area contributed by atoms with Crippen molar-refractivity contribution in [2.24, 2.45) is 0 Å². The topological polar surface area (TPSA) is 62.3 Å². The Morgan fingerprint density at radius 2 is 2.12 bits per heavy atom. The van der Waals surface area contributed by atoms with Crippen molar-refractivity contribution in [1.82, 2.24) is 4.98 Å². The quantitative estimate of drug-likeness (QED) is 0.693. The van der Waals surface area contributed by atoms with Gasteiger partial charge in [-0.25, -0.2) is 4.98 Å². The SMILES string of the molecule is CC(=O)N1CCc2cc(NC(=O)CSc3nc4ccccc4s3)ccc21. The summed E-state index contributed by atoms with van der Waals surface area (Å²) in [4.78, 5) is 30.2. The number of nitrogens with one attached hydrogen (secondary N) is 1. The van der Waals surface area contributed by atoms with Gasteiger partial charge in [-0.15, -0.1) is 11.3 Å². The third-order valence-electron chi connectivity index (χ3n) is 4.24. The number of carbonyl (C=O) groups excluding carboxylic acids is 2. The van der Waals surface area contributed by atoms with Gasteiger partial charge in [0.15, 0.2) is 4.34 Å². The number of amides is 2. The molecule has 7 heteroatoms. The largest absolute Gasteiger partial charge is 0.325 e. The number of carbonyl (C=O) groups is 2. The smallest absolute Gasteiger partial charge is 0.234 e. The number of benzene rings is 2. The molecule has 0 saturated carbocycles. The predicted molar refractivity (Wildman–Crippen MR) is 107 cm³/mol. The Hall–Kier alpha value is -2.38. The van der Waals surface area contributed by atoms with E-state index in [1.165, 1.54) is 11.8 Å². The van der Waals surface area contributed by atoms with Crippen LogP contribution in [0.4, 0.5) is 11.4 Å². The van der Waals surface area contributed by atoms with Crippen molar-refractivity contribution in [3.63, 3.8) is 0 Å². The molecule has 3 aromatic rings. The zero-order chi connectivity index (χ0) is 18.1. The highest BCUT2D eigenvalue weighted by Crippen LogP contribution is 2.31. The van der Waals surface area contributed by atoms with Gasteiger partial charge in [0.2, 0.25) is 11.8 Å². The van der Waals surface area contributed by atoms with Gasteiger partial charge in [-0.1, -0.05) is 23.9 Å². The number of hydrogen-bond acceptors (Lipinski definition) is 5. The highest BCUT2D eigenvalue weighted by Gasteiger charge is 2.22.